The first-order valence-corrected chi connectivity index (χ1v) is 15.4. The Kier molecular flexibility index (Phi) is 7.58. The van der Waals surface area contributed by atoms with Crippen molar-refractivity contribution in [3.63, 3.8) is 0 Å². The minimum Gasteiger partial charge on any atom is -0.369 e. The lowest BCUT2D eigenvalue weighted by molar-refractivity contribution is -0.126. The Morgan fingerprint density at radius 3 is 2.43 bits per heavy atom. The van der Waals surface area contributed by atoms with Crippen LogP contribution in [0.25, 0.3) is 21.0 Å². The fourth-order valence-corrected chi connectivity index (χ4v) is 7.67. The summed E-state index contributed by atoms with van der Waals surface area (Å²) in [5.41, 5.74) is 4.06. The number of amides is 1. The van der Waals surface area contributed by atoms with Crippen molar-refractivity contribution in [2.75, 3.05) is 36.0 Å². The summed E-state index contributed by atoms with van der Waals surface area (Å²) in [6, 6.07) is 20.4. The van der Waals surface area contributed by atoms with Gasteiger partial charge in [0.05, 0.1) is 28.1 Å². The van der Waals surface area contributed by atoms with Crippen LogP contribution < -0.4 is 10.2 Å². The number of nitriles is 1. The number of nitrogens with zero attached hydrogens (tertiary/aromatic N) is 3. The van der Waals surface area contributed by atoms with Gasteiger partial charge in [0.15, 0.2) is 9.84 Å². The molecular formula is C28H30N4O3S2. The van der Waals surface area contributed by atoms with Crippen molar-refractivity contribution >= 4 is 32.8 Å². The Balaban J connectivity index is 1.50. The van der Waals surface area contributed by atoms with E-state index < -0.39 is 9.84 Å². The highest BCUT2D eigenvalue weighted by Gasteiger charge is 2.35. The molecule has 3 aromatic rings. The first kappa shape index (κ1) is 25.4. The summed E-state index contributed by atoms with van der Waals surface area (Å²) < 4.78 is 23.7. The number of thiazole rings is 1. The average molecular weight is 535 g/mol. The quantitative estimate of drug-likeness (QED) is 0.463. The largest absolute Gasteiger partial charge is 0.369 e. The zero-order valence-electron chi connectivity index (χ0n) is 20.6. The van der Waals surface area contributed by atoms with E-state index in [1.54, 1.807) is 11.3 Å². The van der Waals surface area contributed by atoms with Gasteiger partial charge in [0.1, 0.15) is 11.6 Å². The third-order valence-electron chi connectivity index (χ3n) is 7.31. The molecule has 9 heteroatoms. The molecule has 1 saturated heterocycles. The molecule has 5 rings (SSSR count). The van der Waals surface area contributed by atoms with E-state index in [1.165, 1.54) is 0 Å². The second-order valence-corrected chi connectivity index (χ2v) is 13.0. The molecule has 37 heavy (non-hydrogen) atoms. The average Bonchev–Trinajstić information content (AvgIpc) is 3.38. The number of hydrogen-bond donors (Lipinski definition) is 1. The molecular weight excluding hydrogens is 504 g/mol. The van der Waals surface area contributed by atoms with E-state index in [0.717, 1.165) is 58.1 Å². The number of carbonyl (C=O) groups excluding carboxylic acids is 1. The van der Waals surface area contributed by atoms with Gasteiger partial charge in [-0.05, 0) is 30.5 Å². The van der Waals surface area contributed by atoms with Crippen molar-refractivity contribution in [1.29, 1.82) is 5.26 Å². The summed E-state index contributed by atoms with van der Waals surface area (Å²) in [6.07, 6.45) is 3.71. The molecule has 2 heterocycles. The van der Waals surface area contributed by atoms with E-state index in [0.29, 0.717) is 13.1 Å². The number of benzene rings is 2. The van der Waals surface area contributed by atoms with Crippen LogP contribution in [0.15, 0.2) is 54.6 Å². The summed E-state index contributed by atoms with van der Waals surface area (Å²) in [4.78, 5) is 21.3. The van der Waals surface area contributed by atoms with Crippen LogP contribution in [0.2, 0.25) is 0 Å². The standard InChI is InChI=1S/C28H30N4O3S2/c29-14-15-30-27(33)24-9-5-4-8-23(24)25-26(36-28(31-25)21-6-2-1-3-7-21)20-10-12-22(13-11-20)32-16-18-37(34,35)19-17-32/h1-3,6-7,10-13,23-24H,4-5,8-9,15-19H2,(H,30,33). The second kappa shape index (κ2) is 11.0. The highest BCUT2D eigenvalue weighted by molar-refractivity contribution is 7.91. The molecule has 2 fully saturated rings. The number of aromatic nitrogens is 1. The maximum Gasteiger partial charge on any atom is 0.224 e. The Labute approximate surface area is 222 Å². The molecule has 192 valence electrons. The number of carbonyl (C=O) groups is 1. The predicted molar refractivity (Wildman–Crippen MR) is 147 cm³/mol. The fourth-order valence-electron chi connectivity index (χ4n) is 5.32. The van der Waals surface area contributed by atoms with Crippen LogP contribution in [0, 0.1) is 17.2 Å². The number of rotatable bonds is 6. The lowest BCUT2D eigenvalue weighted by Crippen LogP contribution is -2.40. The summed E-state index contributed by atoms with van der Waals surface area (Å²) in [6.45, 7) is 1.03. The van der Waals surface area contributed by atoms with Gasteiger partial charge in [0, 0.05) is 36.2 Å². The number of sulfone groups is 1. The number of nitrogens with one attached hydrogen (secondary N) is 1. The van der Waals surface area contributed by atoms with Gasteiger partial charge in [0.2, 0.25) is 5.91 Å². The molecule has 2 unspecified atom stereocenters. The molecule has 0 radical (unpaired) electrons. The first-order chi connectivity index (χ1) is 17.9. The van der Waals surface area contributed by atoms with Crippen LogP contribution in [0.4, 0.5) is 5.69 Å². The number of hydrogen-bond acceptors (Lipinski definition) is 7. The molecule has 2 aromatic carbocycles. The van der Waals surface area contributed by atoms with Gasteiger partial charge < -0.3 is 10.2 Å². The van der Waals surface area contributed by atoms with Gasteiger partial charge in [-0.2, -0.15) is 5.26 Å². The van der Waals surface area contributed by atoms with Gasteiger partial charge in [-0.15, -0.1) is 11.3 Å². The maximum atomic E-state index is 13.0. The molecule has 1 aliphatic heterocycles. The van der Waals surface area contributed by atoms with Crippen LogP contribution in [-0.2, 0) is 14.6 Å². The Morgan fingerprint density at radius 1 is 1.03 bits per heavy atom. The third-order valence-corrected chi connectivity index (χ3v) is 10.1. The van der Waals surface area contributed by atoms with Gasteiger partial charge in [-0.1, -0.05) is 55.3 Å². The lowest BCUT2D eigenvalue weighted by Gasteiger charge is -2.30. The van der Waals surface area contributed by atoms with Crippen molar-refractivity contribution in [3.8, 4) is 27.1 Å². The SMILES string of the molecule is N#CCNC(=O)C1CCCCC1c1nc(-c2ccccc2)sc1-c1ccc(N2CCS(=O)(=O)CC2)cc1. The maximum absolute atomic E-state index is 13.0. The van der Waals surface area contributed by atoms with Crippen molar-refractivity contribution in [2.45, 2.75) is 31.6 Å². The summed E-state index contributed by atoms with van der Waals surface area (Å²) >= 11 is 1.64. The first-order valence-electron chi connectivity index (χ1n) is 12.7. The second-order valence-electron chi connectivity index (χ2n) is 9.66. The monoisotopic (exact) mass is 534 g/mol. The molecule has 1 aromatic heterocycles. The van der Waals surface area contributed by atoms with Crippen LogP contribution in [0.5, 0.6) is 0 Å². The van der Waals surface area contributed by atoms with Crippen LogP contribution in [-0.4, -0.2) is 50.4 Å². The van der Waals surface area contributed by atoms with Crippen LogP contribution >= 0.6 is 11.3 Å². The van der Waals surface area contributed by atoms with Crippen LogP contribution in [0.1, 0.15) is 37.3 Å². The highest BCUT2D eigenvalue weighted by Crippen LogP contribution is 2.46. The molecule has 1 aliphatic carbocycles. The molecule has 1 N–H and O–H groups in total. The summed E-state index contributed by atoms with van der Waals surface area (Å²) in [7, 11) is -2.93. The summed E-state index contributed by atoms with van der Waals surface area (Å²) in [5, 5.41) is 12.7. The molecule has 2 aliphatic rings. The predicted octanol–water partition coefficient (Wildman–Crippen LogP) is 4.63. The van der Waals surface area contributed by atoms with Crippen molar-refractivity contribution in [3.05, 3.63) is 60.3 Å². The van der Waals surface area contributed by atoms with E-state index in [9.17, 15) is 13.2 Å². The van der Waals surface area contributed by atoms with E-state index in [2.05, 4.69) is 46.6 Å². The van der Waals surface area contributed by atoms with E-state index in [4.69, 9.17) is 10.2 Å². The molecule has 0 spiro atoms. The van der Waals surface area contributed by atoms with Gasteiger partial charge in [0.25, 0.3) is 0 Å². The minimum atomic E-state index is -2.93. The van der Waals surface area contributed by atoms with Gasteiger partial charge >= 0.3 is 0 Å². The minimum absolute atomic E-state index is 0.0110. The fraction of sp³-hybridized carbons (Fsp3) is 0.393. The Morgan fingerprint density at radius 2 is 1.73 bits per heavy atom. The van der Waals surface area contributed by atoms with Gasteiger partial charge in [-0.25, -0.2) is 13.4 Å². The van der Waals surface area contributed by atoms with Crippen molar-refractivity contribution < 1.29 is 13.2 Å². The van der Waals surface area contributed by atoms with Crippen molar-refractivity contribution in [2.24, 2.45) is 5.92 Å². The topological polar surface area (TPSA) is 103 Å². The zero-order valence-corrected chi connectivity index (χ0v) is 22.2. The lowest BCUT2D eigenvalue weighted by atomic mass is 9.76. The van der Waals surface area contributed by atoms with Crippen molar-refractivity contribution in [1.82, 2.24) is 10.3 Å². The van der Waals surface area contributed by atoms with Gasteiger partial charge in [-0.3, -0.25) is 4.79 Å². The molecule has 1 saturated carbocycles. The normalized spacial score (nSPS) is 21.2. The van der Waals surface area contributed by atoms with E-state index >= 15 is 0 Å². The molecule has 7 nitrogen and oxygen atoms in total. The smallest absolute Gasteiger partial charge is 0.224 e. The third kappa shape index (κ3) is 5.71. The number of anilines is 1. The molecule has 0 bridgehead atoms. The molecule has 1 amide bonds. The zero-order chi connectivity index (χ0) is 25.8. The Bertz CT molecular complexity index is 1380. The Hall–Kier alpha value is -3.22. The summed E-state index contributed by atoms with van der Waals surface area (Å²) in [5.74, 6) is 0.0853. The van der Waals surface area contributed by atoms with Crippen LogP contribution in [0.3, 0.4) is 0 Å². The highest BCUT2D eigenvalue weighted by atomic mass is 32.2. The van der Waals surface area contributed by atoms with E-state index in [1.807, 2.05) is 24.3 Å². The molecule has 2 atom stereocenters. The van der Waals surface area contributed by atoms with E-state index in [-0.39, 0.29) is 35.8 Å².